The van der Waals surface area contributed by atoms with Crippen molar-refractivity contribution in [2.24, 2.45) is 0 Å². The molecule has 1 fully saturated rings. The normalized spacial score (nSPS) is 14.0. The summed E-state index contributed by atoms with van der Waals surface area (Å²) in [5.41, 5.74) is 7.30. The second kappa shape index (κ2) is 10.3. The summed E-state index contributed by atoms with van der Waals surface area (Å²) in [5, 5.41) is 3.16. The number of carbonyl (C=O) groups is 1. The van der Waals surface area contributed by atoms with Crippen LogP contribution in [0, 0.1) is 6.92 Å². The number of piperazine rings is 1. The lowest BCUT2D eigenvalue weighted by Crippen LogP contribution is -2.47. The van der Waals surface area contributed by atoms with Gasteiger partial charge in [0.05, 0.1) is 11.4 Å². The van der Waals surface area contributed by atoms with Gasteiger partial charge in [-0.2, -0.15) is 0 Å². The third-order valence-electron chi connectivity index (χ3n) is 6.56. The minimum absolute atomic E-state index is 0.0928. The second-order valence-corrected chi connectivity index (χ2v) is 9.18. The van der Waals surface area contributed by atoms with Gasteiger partial charge in [0.2, 0.25) is 0 Å². The Kier molecular flexibility index (Phi) is 6.73. The van der Waals surface area contributed by atoms with Crippen molar-refractivity contribution < 1.29 is 4.79 Å². The fraction of sp³-hybridized carbons (Fsp3) is 0.241. The highest BCUT2D eigenvalue weighted by Crippen LogP contribution is 2.30. The molecule has 0 saturated carbocycles. The number of benzene rings is 1. The molecule has 1 saturated heterocycles. The predicted molar refractivity (Wildman–Crippen MR) is 144 cm³/mol. The van der Waals surface area contributed by atoms with Crippen molar-refractivity contribution in [1.29, 1.82) is 0 Å². The van der Waals surface area contributed by atoms with Crippen molar-refractivity contribution in [3.05, 3.63) is 84.3 Å². The number of rotatable bonds is 5. The largest absolute Gasteiger partial charge is 0.373 e. The molecule has 1 aliphatic rings. The van der Waals surface area contributed by atoms with Gasteiger partial charge in [0.25, 0.3) is 5.91 Å². The first-order chi connectivity index (χ1) is 17.5. The first kappa shape index (κ1) is 23.6. The molecule has 0 aliphatic carbocycles. The summed E-state index contributed by atoms with van der Waals surface area (Å²) in [6, 6.07) is 19.9. The molecule has 1 N–H and O–H groups in total. The fourth-order valence-corrected chi connectivity index (χ4v) is 4.40. The van der Waals surface area contributed by atoms with Crippen LogP contribution < -0.4 is 5.32 Å². The molecule has 1 amide bonds. The third-order valence-corrected chi connectivity index (χ3v) is 6.56. The number of nitrogens with zero attached hydrogens (tertiary/aromatic N) is 5. The van der Waals surface area contributed by atoms with Crippen LogP contribution in [0.5, 0.6) is 0 Å². The Labute approximate surface area is 211 Å². The Morgan fingerprint density at radius 2 is 1.53 bits per heavy atom. The SMILES string of the molecule is CNc1cc(-c2cncc(-c3ccc(C(=O)N4CCN(C)CC4)cc3)c2)cc(-c2cccc(C)n2)n1. The Bertz CT molecular complexity index is 1380. The molecular formula is C29H30N6O. The summed E-state index contributed by atoms with van der Waals surface area (Å²) in [4.78, 5) is 30.9. The molecule has 0 radical (unpaired) electrons. The number of anilines is 1. The maximum Gasteiger partial charge on any atom is 0.253 e. The van der Waals surface area contributed by atoms with Crippen LogP contribution in [-0.4, -0.2) is 70.9 Å². The van der Waals surface area contributed by atoms with E-state index in [0.29, 0.717) is 0 Å². The molecule has 7 nitrogen and oxygen atoms in total. The summed E-state index contributed by atoms with van der Waals surface area (Å²) in [7, 11) is 3.95. The fourth-order valence-electron chi connectivity index (χ4n) is 4.40. The monoisotopic (exact) mass is 478 g/mol. The first-order valence-electron chi connectivity index (χ1n) is 12.2. The lowest BCUT2D eigenvalue weighted by Gasteiger charge is -2.32. The number of aryl methyl sites for hydroxylation is 1. The van der Waals surface area contributed by atoms with E-state index < -0.39 is 0 Å². The van der Waals surface area contributed by atoms with Crippen LogP contribution in [0.2, 0.25) is 0 Å². The van der Waals surface area contributed by atoms with Gasteiger partial charge in [-0.3, -0.25) is 14.8 Å². The molecule has 182 valence electrons. The number of aromatic nitrogens is 3. The van der Waals surface area contributed by atoms with Crippen LogP contribution >= 0.6 is 0 Å². The highest BCUT2D eigenvalue weighted by atomic mass is 16.2. The van der Waals surface area contributed by atoms with Gasteiger partial charge in [-0.25, -0.2) is 4.98 Å². The molecule has 0 spiro atoms. The van der Waals surface area contributed by atoms with Crippen LogP contribution in [0.15, 0.2) is 73.1 Å². The van der Waals surface area contributed by atoms with Gasteiger partial charge in [0.1, 0.15) is 5.82 Å². The highest BCUT2D eigenvalue weighted by molar-refractivity contribution is 5.95. The average molecular weight is 479 g/mol. The zero-order valence-electron chi connectivity index (χ0n) is 20.9. The van der Waals surface area contributed by atoms with E-state index >= 15 is 0 Å². The van der Waals surface area contributed by atoms with E-state index in [2.05, 4.69) is 33.3 Å². The number of likely N-dealkylation sites (N-methyl/N-ethyl adjacent to an activating group) is 1. The van der Waals surface area contributed by atoms with Crippen molar-refractivity contribution in [3.8, 4) is 33.6 Å². The van der Waals surface area contributed by atoms with Crippen LogP contribution in [0.4, 0.5) is 5.82 Å². The number of nitrogens with one attached hydrogen (secondary N) is 1. The van der Waals surface area contributed by atoms with E-state index in [9.17, 15) is 4.79 Å². The standard InChI is InChI=1S/C29H30N6O/c1-20-5-4-6-26(32-20)27-16-23(17-28(30-2)33-27)25-15-24(18-31-19-25)21-7-9-22(10-8-21)29(36)35-13-11-34(3)12-14-35/h4-10,15-19H,11-14H2,1-3H3,(H,30,33). The molecular weight excluding hydrogens is 448 g/mol. The minimum Gasteiger partial charge on any atom is -0.373 e. The number of hydrogen-bond donors (Lipinski definition) is 1. The summed E-state index contributed by atoms with van der Waals surface area (Å²) >= 11 is 0. The van der Waals surface area contributed by atoms with E-state index in [0.717, 1.165) is 76.9 Å². The van der Waals surface area contributed by atoms with Crippen molar-refractivity contribution in [1.82, 2.24) is 24.8 Å². The zero-order valence-corrected chi connectivity index (χ0v) is 20.9. The van der Waals surface area contributed by atoms with Crippen molar-refractivity contribution in [3.63, 3.8) is 0 Å². The molecule has 0 bridgehead atoms. The minimum atomic E-state index is 0.0928. The van der Waals surface area contributed by atoms with Crippen molar-refractivity contribution >= 4 is 11.7 Å². The highest BCUT2D eigenvalue weighted by Gasteiger charge is 2.20. The molecule has 36 heavy (non-hydrogen) atoms. The summed E-state index contributed by atoms with van der Waals surface area (Å²) in [6.07, 6.45) is 3.71. The molecule has 1 aliphatic heterocycles. The van der Waals surface area contributed by atoms with Gasteiger partial charge in [0.15, 0.2) is 0 Å². The number of amides is 1. The molecule has 4 aromatic rings. The summed E-state index contributed by atoms with van der Waals surface area (Å²) < 4.78 is 0. The number of carbonyl (C=O) groups excluding carboxylic acids is 1. The van der Waals surface area contributed by atoms with Gasteiger partial charge < -0.3 is 15.1 Å². The lowest BCUT2D eigenvalue weighted by molar-refractivity contribution is 0.0664. The zero-order chi connectivity index (χ0) is 25.1. The Hall–Kier alpha value is -4.10. The van der Waals surface area contributed by atoms with Gasteiger partial charge in [0, 0.05) is 68.0 Å². The molecule has 4 heterocycles. The first-order valence-corrected chi connectivity index (χ1v) is 12.2. The topological polar surface area (TPSA) is 74.2 Å². The second-order valence-electron chi connectivity index (χ2n) is 9.18. The van der Waals surface area contributed by atoms with Gasteiger partial charge >= 0.3 is 0 Å². The van der Waals surface area contributed by atoms with E-state index in [-0.39, 0.29) is 5.91 Å². The number of hydrogen-bond acceptors (Lipinski definition) is 6. The third kappa shape index (κ3) is 5.11. The number of pyridine rings is 3. The Balaban J connectivity index is 1.42. The van der Waals surface area contributed by atoms with Crippen molar-refractivity contribution in [2.45, 2.75) is 6.92 Å². The Morgan fingerprint density at radius 1 is 0.806 bits per heavy atom. The Morgan fingerprint density at radius 3 is 2.22 bits per heavy atom. The molecule has 0 unspecified atom stereocenters. The van der Waals surface area contributed by atoms with Gasteiger partial charge in [-0.1, -0.05) is 18.2 Å². The summed E-state index contributed by atoms with van der Waals surface area (Å²) in [6.45, 7) is 5.33. The molecule has 0 atom stereocenters. The predicted octanol–water partition coefficient (Wildman–Crippen LogP) is 4.61. The van der Waals surface area contributed by atoms with Gasteiger partial charge in [-0.05, 0) is 67.6 Å². The molecule has 7 heteroatoms. The van der Waals surface area contributed by atoms with Gasteiger partial charge in [-0.15, -0.1) is 0 Å². The lowest BCUT2D eigenvalue weighted by atomic mass is 10.0. The van der Waals surface area contributed by atoms with E-state index in [4.69, 9.17) is 4.98 Å². The maximum atomic E-state index is 12.9. The quantitative estimate of drug-likeness (QED) is 0.452. The van der Waals surface area contributed by atoms with E-state index in [1.807, 2.05) is 85.9 Å². The molecule has 1 aromatic carbocycles. The van der Waals surface area contributed by atoms with Crippen LogP contribution in [-0.2, 0) is 0 Å². The molecule has 5 rings (SSSR count). The molecule has 3 aromatic heterocycles. The average Bonchev–Trinajstić information content (AvgIpc) is 2.93. The van der Waals surface area contributed by atoms with E-state index in [1.165, 1.54) is 0 Å². The van der Waals surface area contributed by atoms with Crippen LogP contribution in [0.25, 0.3) is 33.6 Å². The smallest absolute Gasteiger partial charge is 0.253 e. The van der Waals surface area contributed by atoms with Crippen molar-refractivity contribution in [2.75, 3.05) is 45.6 Å². The summed E-state index contributed by atoms with van der Waals surface area (Å²) in [5.74, 6) is 0.859. The van der Waals surface area contributed by atoms with Crippen LogP contribution in [0.1, 0.15) is 16.1 Å². The van der Waals surface area contributed by atoms with Crippen LogP contribution in [0.3, 0.4) is 0 Å². The maximum absolute atomic E-state index is 12.9. The van der Waals surface area contributed by atoms with E-state index in [1.54, 1.807) is 0 Å².